The second-order valence-electron chi connectivity index (χ2n) is 8.51. The fraction of sp³-hybridized carbons (Fsp3) is 0.417. The largest absolute Gasteiger partial charge is 0.379 e. The van der Waals surface area contributed by atoms with Crippen LogP contribution in [0.4, 0.5) is 5.69 Å². The minimum atomic E-state index is -4.00. The first-order valence-corrected chi connectivity index (χ1v) is 12.5. The number of hydrogen-bond acceptors (Lipinski definition) is 6. The topological polar surface area (TPSA) is 87.2 Å². The highest BCUT2D eigenvalue weighted by Gasteiger charge is 2.46. The number of nitrogens with zero attached hydrogens (tertiary/aromatic N) is 3. The van der Waals surface area contributed by atoms with E-state index >= 15 is 0 Å². The fourth-order valence-electron chi connectivity index (χ4n) is 4.16. The van der Waals surface area contributed by atoms with Gasteiger partial charge in [-0.05, 0) is 38.1 Å². The summed E-state index contributed by atoms with van der Waals surface area (Å²) in [5.41, 5.74) is 2.40. The van der Waals surface area contributed by atoms with Crippen LogP contribution in [-0.2, 0) is 24.3 Å². The first kappa shape index (κ1) is 23.6. The predicted octanol–water partition coefficient (Wildman–Crippen LogP) is 1.96. The molecule has 0 aromatic heterocycles. The zero-order chi connectivity index (χ0) is 23.6. The summed E-state index contributed by atoms with van der Waals surface area (Å²) in [4.78, 5) is 29.6. The molecular formula is C24H29N3O5S. The highest BCUT2D eigenvalue weighted by molar-refractivity contribution is 7.89. The van der Waals surface area contributed by atoms with Gasteiger partial charge in [0.05, 0.1) is 30.2 Å². The summed E-state index contributed by atoms with van der Waals surface area (Å²) in [6.45, 7) is 6.95. The van der Waals surface area contributed by atoms with E-state index in [1.54, 1.807) is 36.4 Å². The third-order valence-electron chi connectivity index (χ3n) is 6.13. The van der Waals surface area contributed by atoms with Gasteiger partial charge in [0.25, 0.3) is 5.91 Å². The van der Waals surface area contributed by atoms with Crippen LogP contribution < -0.4 is 4.90 Å². The van der Waals surface area contributed by atoms with Crippen LogP contribution in [0.3, 0.4) is 0 Å². The molecule has 2 aromatic rings. The Bertz CT molecular complexity index is 1110. The number of morpholine rings is 1. The number of hydrogen-bond donors (Lipinski definition) is 0. The number of aryl methyl sites for hydroxylation is 2. The minimum Gasteiger partial charge on any atom is -0.379 e. The maximum atomic E-state index is 13.6. The van der Waals surface area contributed by atoms with Crippen molar-refractivity contribution in [2.45, 2.75) is 31.2 Å². The van der Waals surface area contributed by atoms with Crippen LogP contribution in [0.2, 0.25) is 0 Å². The number of carbonyl (C=O) groups excluding carboxylic acids is 2. The molecule has 2 aliphatic rings. The van der Waals surface area contributed by atoms with E-state index < -0.39 is 27.9 Å². The number of imide groups is 1. The number of anilines is 1. The van der Waals surface area contributed by atoms with E-state index in [4.69, 9.17) is 4.74 Å². The summed E-state index contributed by atoms with van der Waals surface area (Å²) >= 11 is 0. The van der Waals surface area contributed by atoms with Crippen LogP contribution in [-0.4, -0.2) is 74.9 Å². The molecule has 0 spiro atoms. The third kappa shape index (κ3) is 5.01. The average molecular weight is 472 g/mol. The molecule has 1 unspecified atom stereocenters. The Kier molecular flexibility index (Phi) is 6.94. The van der Waals surface area contributed by atoms with Gasteiger partial charge >= 0.3 is 0 Å². The van der Waals surface area contributed by atoms with E-state index in [1.165, 1.54) is 4.31 Å². The van der Waals surface area contributed by atoms with E-state index in [0.717, 1.165) is 16.0 Å². The molecule has 2 saturated heterocycles. The second kappa shape index (κ2) is 9.72. The molecule has 2 aliphatic heterocycles. The zero-order valence-corrected chi connectivity index (χ0v) is 19.8. The van der Waals surface area contributed by atoms with Crippen molar-refractivity contribution in [1.29, 1.82) is 0 Å². The number of amides is 2. The SMILES string of the molecule is Cc1ccc(N2C(=O)CC(N(CCN3CCOCC3)S(=O)(=O)c3ccc(C)cc3)C2=O)cc1. The zero-order valence-electron chi connectivity index (χ0n) is 18.9. The van der Waals surface area contributed by atoms with Gasteiger partial charge in [0, 0.05) is 26.2 Å². The summed E-state index contributed by atoms with van der Waals surface area (Å²) < 4.78 is 33.9. The lowest BCUT2D eigenvalue weighted by atomic mass is 10.2. The molecular weight excluding hydrogens is 442 g/mol. The average Bonchev–Trinajstić information content (AvgIpc) is 3.09. The van der Waals surface area contributed by atoms with E-state index in [9.17, 15) is 18.0 Å². The van der Waals surface area contributed by atoms with Crippen molar-refractivity contribution in [3.05, 3.63) is 59.7 Å². The molecule has 0 radical (unpaired) electrons. The van der Waals surface area contributed by atoms with E-state index in [1.807, 2.05) is 26.0 Å². The molecule has 2 amide bonds. The molecule has 9 heteroatoms. The van der Waals surface area contributed by atoms with E-state index in [-0.39, 0.29) is 17.9 Å². The summed E-state index contributed by atoms with van der Waals surface area (Å²) in [5, 5.41) is 0. The maximum absolute atomic E-state index is 13.6. The van der Waals surface area contributed by atoms with Crippen molar-refractivity contribution in [2.24, 2.45) is 0 Å². The lowest BCUT2D eigenvalue weighted by molar-refractivity contribution is -0.122. The summed E-state index contributed by atoms with van der Waals surface area (Å²) in [7, 11) is -4.00. The number of sulfonamides is 1. The van der Waals surface area contributed by atoms with Crippen LogP contribution >= 0.6 is 0 Å². The number of ether oxygens (including phenoxy) is 1. The predicted molar refractivity (Wildman–Crippen MR) is 124 cm³/mol. The Labute approximate surface area is 194 Å². The highest BCUT2D eigenvalue weighted by atomic mass is 32.2. The van der Waals surface area contributed by atoms with Crippen LogP contribution in [0.5, 0.6) is 0 Å². The molecule has 33 heavy (non-hydrogen) atoms. The molecule has 1 atom stereocenters. The molecule has 2 aromatic carbocycles. The number of benzene rings is 2. The van der Waals surface area contributed by atoms with Crippen molar-refractivity contribution in [2.75, 3.05) is 44.3 Å². The first-order chi connectivity index (χ1) is 15.8. The van der Waals surface area contributed by atoms with Crippen LogP contribution in [0.15, 0.2) is 53.4 Å². The monoisotopic (exact) mass is 471 g/mol. The molecule has 0 bridgehead atoms. The molecule has 2 fully saturated rings. The molecule has 0 N–H and O–H groups in total. The van der Waals surface area contributed by atoms with Gasteiger partial charge in [-0.15, -0.1) is 0 Å². The maximum Gasteiger partial charge on any atom is 0.252 e. The van der Waals surface area contributed by atoms with Crippen LogP contribution in [0.1, 0.15) is 17.5 Å². The summed E-state index contributed by atoms with van der Waals surface area (Å²) in [6, 6.07) is 12.5. The number of rotatable bonds is 7. The molecule has 0 saturated carbocycles. The van der Waals surface area contributed by atoms with Crippen LogP contribution in [0.25, 0.3) is 0 Å². The van der Waals surface area contributed by atoms with Crippen molar-refractivity contribution in [3.63, 3.8) is 0 Å². The number of carbonyl (C=O) groups is 2. The summed E-state index contributed by atoms with van der Waals surface area (Å²) in [6.07, 6.45) is -0.180. The van der Waals surface area contributed by atoms with Crippen molar-refractivity contribution in [1.82, 2.24) is 9.21 Å². The van der Waals surface area contributed by atoms with Gasteiger partial charge in [0.1, 0.15) is 6.04 Å². The van der Waals surface area contributed by atoms with Gasteiger partial charge < -0.3 is 4.74 Å². The fourth-order valence-corrected chi connectivity index (χ4v) is 5.73. The van der Waals surface area contributed by atoms with Crippen molar-refractivity contribution >= 4 is 27.5 Å². The van der Waals surface area contributed by atoms with Gasteiger partial charge in [-0.3, -0.25) is 14.5 Å². The Morgan fingerprint density at radius 1 is 0.939 bits per heavy atom. The Morgan fingerprint density at radius 3 is 2.12 bits per heavy atom. The third-order valence-corrected chi connectivity index (χ3v) is 8.05. The smallest absolute Gasteiger partial charge is 0.252 e. The minimum absolute atomic E-state index is 0.113. The van der Waals surface area contributed by atoms with Gasteiger partial charge in [0.15, 0.2) is 0 Å². The lowest BCUT2D eigenvalue weighted by Crippen LogP contribution is -2.49. The van der Waals surface area contributed by atoms with Crippen molar-refractivity contribution < 1.29 is 22.7 Å². The molecule has 176 valence electrons. The van der Waals surface area contributed by atoms with Gasteiger partial charge in [0.2, 0.25) is 15.9 Å². The Balaban J connectivity index is 1.64. The highest BCUT2D eigenvalue weighted by Crippen LogP contribution is 2.29. The lowest BCUT2D eigenvalue weighted by Gasteiger charge is -2.31. The Hall–Kier alpha value is -2.59. The Morgan fingerprint density at radius 2 is 1.52 bits per heavy atom. The normalized spacial score (nSPS) is 20.1. The van der Waals surface area contributed by atoms with Crippen molar-refractivity contribution in [3.8, 4) is 0 Å². The first-order valence-electron chi connectivity index (χ1n) is 11.1. The van der Waals surface area contributed by atoms with E-state index in [0.29, 0.717) is 38.5 Å². The van der Waals surface area contributed by atoms with Gasteiger partial charge in [-0.25, -0.2) is 13.3 Å². The van der Waals surface area contributed by atoms with Crippen LogP contribution in [0, 0.1) is 13.8 Å². The second-order valence-corrected chi connectivity index (χ2v) is 10.4. The molecule has 4 rings (SSSR count). The van der Waals surface area contributed by atoms with Gasteiger partial charge in [-0.2, -0.15) is 4.31 Å². The standard InChI is InChI=1S/C24H29N3O5S/c1-18-3-7-20(8-4-18)27-23(28)17-22(24(27)29)26(12-11-25-13-15-32-16-14-25)33(30,31)21-9-5-19(2)6-10-21/h3-10,22H,11-17H2,1-2H3. The molecule has 2 heterocycles. The molecule has 0 aliphatic carbocycles. The van der Waals surface area contributed by atoms with E-state index in [2.05, 4.69) is 4.90 Å². The summed E-state index contributed by atoms with van der Waals surface area (Å²) in [5.74, 6) is -0.911. The van der Waals surface area contributed by atoms with Gasteiger partial charge in [-0.1, -0.05) is 35.4 Å². The molecule has 8 nitrogen and oxygen atoms in total. The quantitative estimate of drug-likeness (QED) is 0.574.